The molecule has 3 heterocycles. The first-order valence-electron chi connectivity index (χ1n) is 10.2. The van der Waals surface area contributed by atoms with Gasteiger partial charge in [-0.2, -0.15) is 17.5 Å². The number of benzene rings is 1. The minimum Gasteiger partial charge on any atom is -0.335 e. The number of amides is 1. The van der Waals surface area contributed by atoms with Crippen molar-refractivity contribution in [3.05, 3.63) is 52.2 Å². The number of carbonyl (C=O) groups is 1. The number of sulfonamides is 1. The third-order valence-corrected chi connectivity index (χ3v) is 8.88. The van der Waals surface area contributed by atoms with Crippen LogP contribution in [0, 0.1) is 5.92 Å². The molecule has 0 aliphatic carbocycles. The molecule has 2 aliphatic heterocycles. The summed E-state index contributed by atoms with van der Waals surface area (Å²) in [6.07, 6.45) is -2.01. The van der Waals surface area contributed by atoms with Gasteiger partial charge in [0.05, 0.1) is 16.5 Å². The summed E-state index contributed by atoms with van der Waals surface area (Å²) in [5.74, 6) is -0.222. The Balaban J connectivity index is 1.43. The summed E-state index contributed by atoms with van der Waals surface area (Å²) >= 11 is 1.63. The van der Waals surface area contributed by atoms with Gasteiger partial charge in [0.1, 0.15) is 0 Å². The Morgan fingerprint density at radius 3 is 2.42 bits per heavy atom. The molecule has 168 valence electrons. The fraction of sp³-hybridized carbons (Fsp3) is 0.476. The molecule has 2 aliphatic rings. The fourth-order valence-electron chi connectivity index (χ4n) is 4.37. The molecule has 1 atom stereocenters. The Morgan fingerprint density at radius 1 is 1.03 bits per heavy atom. The van der Waals surface area contributed by atoms with Crippen molar-refractivity contribution in [1.82, 2.24) is 9.21 Å². The van der Waals surface area contributed by atoms with E-state index in [0.717, 1.165) is 29.9 Å². The van der Waals surface area contributed by atoms with Crippen molar-refractivity contribution in [2.45, 2.75) is 42.8 Å². The van der Waals surface area contributed by atoms with Crippen LogP contribution in [-0.4, -0.2) is 43.2 Å². The molecule has 10 heteroatoms. The van der Waals surface area contributed by atoms with E-state index in [0.29, 0.717) is 25.5 Å². The van der Waals surface area contributed by atoms with Crippen molar-refractivity contribution in [2.24, 2.45) is 5.92 Å². The van der Waals surface area contributed by atoms with Crippen LogP contribution in [0.4, 0.5) is 13.2 Å². The molecular formula is C21H23F3N2O3S2. The summed E-state index contributed by atoms with van der Waals surface area (Å²) in [4.78, 5) is 15.8. The lowest BCUT2D eigenvalue weighted by Crippen LogP contribution is -2.44. The van der Waals surface area contributed by atoms with Crippen molar-refractivity contribution in [3.63, 3.8) is 0 Å². The molecule has 0 spiro atoms. The first-order valence-corrected chi connectivity index (χ1v) is 12.5. The van der Waals surface area contributed by atoms with Crippen molar-refractivity contribution in [2.75, 3.05) is 19.6 Å². The van der Waals surface area contributed by atoms with E-state index in [1.54, 1.807) is 11.3 Å². The van der Waals surface area contributed by atoms with Crippen LogP contribution < -0.4 is 0 Å². The second-order valence-electron chi connectivity index (χ2n) is 7.91. The second-order valence-corrected chi connectivity index (χ2v) is 10.8. The third kappa shape index (κ3) is 4.51. The highest BCUT2D eigenvalue weighted by Crippen LogP contribution is 2.37. The van der Waals surface area contributed by atoms with Crippen molar-refractivity contribution in [3.8, 4) is 0 Å². The molecule has 5 nitrogen and oxygen atoms in total. The molecule has 31 heavy (non-hydrogen) atoms. The van der Waals surface area contributed by atoms with Gasteiger partial charge in [0, 0.05) is 30.4 Å². The van der Waals surface area contributed by atoms with Gasteiger partial charge in [-0.1, -0.05) is 12.1 Å². The van der Waals surface area contributed by atoms with E-state index in [2.05, 4.69) is 0 Å². The maximum atomic E-state index is 13.1. The molecule has 0 bridgehead atoms. The average molecular weight is 473 g/mol. The monoisotopic (exact) mass is 472 g/mol. The fourth-order valence-corrected chi connectivity index (χ4v) is 6.76. The van der Waals surface area contributed by atoms with Crippen LogP contribution in [-0.2, 0) is 21.0 Å². The smallest absolute Gasteiger partial charge is 0.335 e. The van der Waals surface area contributed by atoms with Crippen LogP contribution in [0.2, 0.25) is 0 Å². The molecular weight excluding hydrogens is 449 g/mol. The highest BCUT2D eigenvalue weighted by Gasteiger charge is 2.38. The SMILES string of the molecule is O=C(C1CCN(S(=O)(=O)c2cccc(C(F)(F)F)c2)CC1)N1CCC[C@@H]1c1cccs1. The van der Waals surface area contributed by atoms with E-state index >= 15 is 0 Å². The van der Waals surface area contributed by atoms with Crippen LogP contribution in [0.15, 0.2) is 46.7 Å². The molecule has 2 fully saturated rings. The molecule has 2 aromatic rings. The van der Waals surface area contributed by atoms with Gasteiger partial charge in [-0.3, -0.25) is 4.79 Å². The topological polar surface area (TPSA) is 57.7 Å². The Labute approximate surface area is 183 Å². The van der Waals surface area contributed by atoms with Crippen molar-refractivity contribution >= 4 is 27.3 Å². The zero-order valence-electron chi connectivity index (χ0n) is 16.7. The number of alkyl halides is 3. The Hall–Kier alpha value is -1.91. The minimum atomic E-state index is -4.61. The zero-order valence-corrected chi connectivity index (χ0v) is 18.3. The molecule has 4 rings (SSSR count). The van der Waals surface area contributed by atoms with E-state index in [9.17, 15) is 26.4 Å². The Bertz CT molecular complexity index is 1030. The van der Waals surface area contributed by atoms with Crippen LogP contribution >= 0.6 is 11.3 Å². The lowest BCUT2D eigenvalue weighted by Gasteiger charge is -2.34. The van der Waals surface area contributed by atoms with Gasteiger partial charge in [-0.05, 0) is 55.3 Å². The number of piperidine rings is 1. The van der Waals surface area contributed by atoms with Gasteiger partial charge in [0.2, 0.25) is 15.9 Å². The van der Waals surface area contributed by atoms with Gasteiger partial charge in [-0.25, -0.2) is 8.42 Å². The Kier molecular flexibility index (Phi) is 6.15. The molecule has 0 saturated carbocycles. The predicted molar refractivity (Wildman–Crippen MR) is 111 cm³/mol. The predicted octanol–water partition coefficient (Wildman–Crippen LogP) is 4.53. The van der Waals surface area contributed by atoms with Gasteiger partial charge < -0.3 is 4.90 Å². The lowest BCUT2D eigenvalue weighted by molar-refractivity contribution is -0.138. The molecule has 2 saturated heterocycles. The van der Waals surface area contributed by atoms with Gasteiger partial charge in [0.25, 0.3) is 0 Å². The molecule has 1 amide bonds. The van der Waals surface area contributed by atoms with E-state index < -0.39 is 21.8 Å². The minimum absolute atomic E-state index is 0.0482. The number of thiophene rings is 1. The number of hydrogen-bond acceptors (Lipinski definition) is 4. The molecule has 0 unspecified atom stereocenters. The number of carbonyl (C=O) groups excluding carboxylic acids is 1. The summed E-state index contributed by atoms with van der Waals surface area (Å²) < 4.78 is 65.8. The first kappa shape index (κ1) is 22.3. The summed E-state index contributed by atoms with van der Waals surface area (Å²) in [5, 5.41) is 1.99. The lowest BCUT2D eigenvalue weighted by atomic mass is 9.96. The maximum absolute atomic E-state index is 13.1. The quantitative estimate of drug-likeness (QED) is 0.657. The van der Waals surface area contributed by atoms with E-state index in [-0.39, 0.29) is 35.9 Å². The van der Waals surface area contributed by atoms with Crippen LogP contribution in [0.3, 0.4) is 0 Å². The summed E-state index contributed by atoms with van der Waals surface area (Å²) in [5.41, 5.74) is -0.993. The highest BCUT2D eigenvalue weighted by atomic mass is 32.2. The van der Waals surface area contributed by atoms with Crippen LogP contribution in [0.25, 0.3) is 0 Å². The van der Waals surface area contributed by atoms with Crippen molar-refractivity contribution < 1.29 is 26.4 Å². The largest absolute Gasteiger partial charge is 0.416 e. The summed E-state index contributed by atoms with van der Waals surface area (Å²) in [6.45, 7) is 0.934. The normalized spacial score (nSPS) is 21.5. The number of halogens is 3. The van der Waals surface area contributed by atoms with Gasteiger partial charge >= 0.3 is 6.18 Å². The number of rotatable bonds is 4. The van der Waals surface area contributed by atoms with E-state index in [1.807, 2.05) is 22.4 Å². The summed E-state index contributed by atoms with van der Waals surface area (Å²) in [6, 6.07) is 7.89. The molecule has 0 N–H and O–H groups in total. The number of likely N-dealkylation sites (tertiary alicyclic amines) is 1. The second kappa shape index (κ2) is 8.55. The standard InChI is InChI=1S/C21H23F3N2O3S2/c22-21(23,24)16-4-1-5-17(14-16)31(28,29)25-11-8-15(9-12-25)20(27)26-10-2-6-18(26)19-7-3-13-30-19/h1,3-5,7,13-15,18H,2,6,8-12H2/t18-/m1/s1. The molecule has 0 radical (unpaired) electrons. The highest BCUT2D eigenvalue weighted by molar-refractivity contribution is 7.89. The number of nitrogens with zero attached hydrogens (tertiary/aromatic N) is 2. The summed E-state index contributed by atoms with van der Waals surface area (Å²) in [7, 11) is -4.05. The van der Waals surface area contributed by atoms with Crippen LogP contribution in [0.1, 0.15) is 42.2 Å². The van der Waals surface area contributed by atoms with Crippen molar-refractivity contribution in [1.29, 1.82) is 0 Å². The van der Waals surface area contributed by atoms with Gasteiger partial charge in [-0.15, -0.1) is 11.3 Å². The third-order valence-electron chi connectivity index (χ3n) is 6.01. The Morgan fingerprint density at radius 2 is 1.77 bits per heavy atom. The zero-order chi connectivity index (χ0) is 22.2. The van der Waals surface area contributed by atoms with E-state index in [4.69, 9.17) is 0 Å². The maximum Gasteiger partial charge on any atom is 0.416 e. The first-order chi connectivity index (χ1) is 14.7. The van der Waals surface area contributed by atoms with Crippen LogP contribution in [0.5, 0.6) is 0 Å². The molecule has 1 aromatic carbocycles. The van der Waals surface area contributed by atoms with Gasteiger partial charge in [0.15, 0.2) is 0 Å². The number of hydrogen-bond donors (Lipinski definition) is 0. The van der Waals surface area contributed by atoms with E-state index in [1.165, 1.54) is 10.4 Å². The molecule has 1 aromatic heterocycles. The average Bonchev–Trinajstić information content (AvgIpc) is 3.44.